The highest BCUT2D eigenvalue weighted by Gasteiger charge is 2.11. The van der Waals surface area contributed by atoms with Crippen molar-refractivity contribution < 1.29 is 19.2 Å². The highest BCUT2D eigenvalue weighted by Crippen LogP contribution is 2.25. The first-order valence-corrected chi connectivity index (χ1v) is 7.89. The maximum atomic E-state index is 12.2. The highest BCUT2D eigenvalue weighted by atomic mass is 35.5. The van der Waals surface area contributed by atoms with Gasteiger partial charge in [0.25, 0.3) is 5.69 Å². The van der Waals surface area contributed by atoms with Crippen LogP contribution in [0.1, 0.15) is 10.4 Å². The summed E-state index contributed by atoms with van der Waals surface area (Å²) in [5.41, 5.74) is 0.275. The van der Waals surface area contributed by atoms with Gasteiger partial charge < -0.3 is 9.47 Å². The fourth-order valence-corrected chi connectivity index (χ4v) is 2.25. The van der Waals surface area contributed by atoms with Crippen molar-refractivity contribution in [2.75, 3.05) is 0 Å². The standard InChI is InChI=1S/C19H12ClNO5/c20-14-4-8-17(9-5-14)26-19(22)13-2-1-3-18(12-13)25-16-10-6-15(7-11-16)21(23)24/h1-12H. The van der Waals surface area contributed by atoms with E-state index in [0.717, 1.165) is 0 Å². The smallest absolute Gasteiger partial charge is 0.343 e. The normalized spacial score (nSPS) is 10.2. The van der Waals surface area contributed by atoms with Crippen LogP contribution in [0.4, 0.5) is 5.69 Å². The van der Waals surface area contributed by atoms with Crippen molar-refractivity contribution in [1.82, 2.24) is 0 Å². The summed E-state index contributed by atoms with van der Waals surface area (Å²) in [6, 6.07) is 18.5. The van der Waals surface area contributed by atoms with E-state index in [9.17, 15) is 14.9 Å². The largest absolute Gasteiger partial charge is 0.457 e. The lowest BCUT2D eigenvalue weighted by molar-refractivity contribution is -0.384. The quantitative estimate of drug-likeness (QED) is 0.265. The maximum absolute atomic E-state index is 12.2. The molecule has 0 amide bonds. The Morgan fingerprint density at radius 3 is 2.19 bits per heavy atom. The monoisotopic (exact) mass is 369 g/mol. The van der Waals surface area contributed by atoms with Gasteiger partial charge in [-0.1, -0.05) is 17.7 Å². The highest BCUT2D eigenvalue weighted by molar-refractivity contribution is 6.30. The zero-order valence-corrected chi connectivity index (χ0v) is 14.1. The van der Waals surface area contributed by atoms with Gasteiger partial charge in [-0.2, -0.15) is 0 Å². The van der Waals surface area contributed by atoms with Crippen LogP contribution in [0.5, 0.6) is 17.2 Å². The van der Waals surface area contributed by atoms with Crippen LogP contribution in [0, 0.1) is 10.1 Å². The summed E-state index contributed by atoms with van der Waals surface area (Å²) in [5.74, 6) is 0.658. The predicted molar refractivity (Wildman–Crippen MR) is 96.0 cm³/mol. The van der Waals surface area contributed by atoms with Crippen molar-refractivity contribution in [1.29, 1.82) is 0 Å². The summed E-state index contributed by atoms with van der Waals surface area (Å²) in [5, 5.41) is 11.2. The number of benzene rings is 3. The number of non-ortho nitro benzene ring substituents is 1. The summed E-state index contributed by atoms with van der Waals surface area (Å²) in [6.45, 7) is 0. The average molecular weight is 370 g/mol. The van der Waals surface area contributed by atoms with Gasteiger partial charge in [0.1, 0.15) is 17.2 Å². The molecule has 0 saturated carbocycles. The third kappa shape index (κ3) is 4.37. The van der Waals surface area contributed by atoms with Crippen molar-refractivity contribution in [3.8, 4) is 17.2 Å². The van der Waals surface area contributed by atoms with Crippen molar-refractivity contribution in [3.05, 3.63) is 93.5 Å². The number of nitro benzene ring substituents is 1. The average Bonchev–Trinajstić information content (AvgIpc) is 2.64. The summed E-state index contributed by atoms with van der Waals surface area (Å²) in [7, 11) is 0. The van der Waals surface area contributed by atoms with Crippen LogP contribution in [0.2, 0.25) is 5.02 Å². The molecule has 0 saturated heterocycles. The van der Waals surface area contributed by atoms with Gasteiger partial charge in [-0.3, -0.25) is 10.1 Å². The molecule has 3 aromatic carbocycles. The van der Waals surface area contributed by atoms with E-state index in [1.807, 2.05) is 0 Å². The molecule has 0 radical (unpaired) electrons. The third-order valence-corrected chi connectivity index (χ3v) is 3.63. The van der Waals surface area contributed by atoms with E-state index >= 15 is 0 Å². The lowest BCUT2D eigenvalue weighted by Crippen LogP contribution is -2.08. The van der Waals surface area contributed by atoms with Gasteiger partial charge in [-0.25, -0.2) is 4.79 Å². The van der Waals surface area contributed by atoms with Crippen LogP contribution >= 0.6 is 11.6 Å². The van der Waals surface area contributed by atoms with Crippen molar-refractivity contribution in [2.45, 2.75) is 0 Å². The zero-order valence-electron chi connectivity index (χ0n) is 13.3. The van der Waals surface area contributed by atoms with Crippen LogP contribution in [0.3, 0.4) is 0 Å². The molecule has 0 aromatic heterocycles. The van der Waals surface area contributed by atoms with Gasteiger partial charge in [0.05, 0.1) is 10.5 Å². The Morgan fingerprint density at radius 1 is 0.885 bits per heavy atom. The minimum atomic E-state index is -0.540. The molecule has 0 N–H and O–H groups in total. The second-order valence-corrected chi connectivity index (χ2v) is 5.66. The summed E-state index contributed by atoms with van der Waals surface area (Å²) in [6.07, 6.45) is 0. The topological polar surface area (TPSA) is 78.7 Å². The first kappa shape index (κ1) is 17.4. The van der Waals surface area contributed by atoms with Gasteiger partial charge in [-0.05, 0) is 54.6 Å². The molecule has 7 heteroatoms. The number of carbonyl (C=O) groups is 1. The number of hydrogen-bond donors (Lipinski definition) is 0. The van der Waals surface area contributed by atoms with Gasteiger partial charge in [0.2, 0.25) is 0 Å². The minimum Gasteiger partial charge on any atom is -0.457 e. The first-order valence-electron chi connectivity index (χ1n) is 7.51. The summed E-state index contributed by atoms with van der Waals surface area (Å²) >= 11 is 5.80. The molecule has 0 aliphatic carbocycles. The zero-order chi connectivity index (χ0) is 18.5. The van der Waals surface area contributed by atoms with Crippen LogP contribution in [-0.2, 0) is 0 Å². The molecule has 3 aromatic rings. The van der Waals surface area contributed by atoms with Crippen LogP contribution < -0.4 is 9.47 Å². The molecule has 0 atom stereocenters. The number of nitrogens with zero attached hydrogens (tertiary/aromatic N) is 1. The minimum absolute atomic E-state index is 0.0300. The van der Waals surface area contributed by atoms with Gasteiger partial charge in [0.15, 0.2) is 0 Å². The molecule has 0 aliphatic rings. The van der Waals surface area contributed by atoms with Gasteiger partial charge in [-0.15, -0.1) is 0 Å². The lowest BCUT2D eigenvalue weighted by Gasteiger charge is -2.08. The Balaban J connectivity index is 1.72. The first-order chi connectivity index (χ1) is 12.5. The number of esters is 1. The number of hydrogen-bond acceptors (Lipinski definition) is 5. The van der Waals surface area contributed by atoms with E-state index in [1.54, 1.807) is 42.5 Å². The Bertz CT molecular complexity index is 939. The molecule has 0 fully saturated rings. The van der Waals surface area contributed by atoms with E-state index in [2.05, 4.69) is 0 Å². The SMILES string of the molecule is O=C(Oc1ccc(Cl)cc1)c1cccc(Oc2ccc([N+](=O)[O-])cc2)c1. The molecular formula is C19H12ClNO5. The Labute approximate surface area is 153 Å². The van der Waals surface area contributed by atoms with E-state index in [0.29, 0.717) is 27.8 Å². The number of halogens is 1. The van der Waals surface area contributed by atoms with E-state index < -0.39 is 10.9 Å². The summed E-state index contributed by atoms with van der Waals surface area (Å²) < 4.78 is 10.9. The molecule has 0 aliphatic heterocycles. The van der Waals surface area contributed by atoms with Crippen LogP contribution in [-0.4, -0.2) is 10.9 Å². The van der Waals surface area contributed by atoms with Crippen LogP contribution in [0.15, 0.2) is 72.8 Å². The molecule has 6 nitrogen and oxygen atoms in total. The van der Waals surface area contributed by atoms with E-state index in [1.165, 1.54) is 30.3 Å². The van der Waals surface area contributed by atoms with Crippen LogP contribution in [0.25, 0.3) is 0 Å². The molecule has 0 bridgehead atoms. The predicted octanol–water partition coefficient (Wildman–Crippen LogP) is 5.26. The second-order valence-electron chi connectivity index (χ2n) is 5.22. The second kappa shape index (κ2) is 7.67. The molecule has 0 unspecified atom stereocenters. The van der Waals surface area contributed by atoms with Gasteiger partial charge >= 0.3 is 5.97 Å². The Morgan fingerprint density at radius 2 is 1.54 bits per heavy atom. The van der Waals surface area contributed by atoms with Crippen molar-refractivity contribution >= 4 is 23.3 Å². The Hall–Kier alpha value is -3.38. The lowest BCUT2D eigenvalue weighted by atomic mass is 10.2. The molecule has 130 valence electrons. The number of rotatable bonds is 5. The molecule has 26 heavy (non-hydrogen) atoms. The number of carbonyl (C=O) groups excluding carboxylic acids is 1. The van der Waals surface area contributed by atoms with Gasteiger partial charge in [0, 0.05) is 17.2 Å². The number of nitro groups is 1. The number of ether oxygens (including phenoxy) is 2. The molecule has 0 heterocycles. The molecule has 3 rings (SSSR count). The van der Waals surface area contributed by atoms with E-state index in [-0.39, 0.29) is 5.69 Å². The molecular weight excluding hydrogens is 358 g/mol. The van der Waals surface area contributed by atoms with Crippen molar-refractivity contribution in [2.24, 2.45) is 0 Å². The fourth-order valence-electron chi connectivity index (χ4n) is 2.13. The maximum Gasteiger partial charge on any atom is 0.343 e. The summed E-state index contributed by atoms with van der Waals surface area (Å²) in [4.78, 5) is 22.4. The third-order valence-electron chi connectivity index (χ3n) is 3.38. The molecule has 0 spiro atoms. The van der Waals surface area contributed by atoms with Crippen molar-refractivity contribution in [3.63, 3.8) is 0 Å². The Kier molecular flexibility index (Phi) is 5.15. The van der Waals surface area contributed by atoms with E-state index in [4.69, 9.17) is 21.1 Å². The fraction of sp³-hybridized carbons (Fsp3) is 0.